The topological polar surface area (TPSA) is 49.7 Å². The first kappa shape index (κ1) is 8.94. The fraction of sp³-hybridized carbons (Fsp3) is 0.273. The normalized spacial score (nSPS) is 13.6. The Morgan fingerprint density at radius 2 is 2.36 bits per heavy atom. The zero-order chi connectivity index (χ0) is 10.1. The minimum Gasteiger partial charge on any atom is -0.478 e. The van der Waals surface area contributed by atoms with Crippen molar-refractivity contribution >= 4 is 11.7 Å². The second-order valence-electron chi connectivity index (χ2n) is 3.29. The number of carboxylic acid groups (broad SMARTS) is 1. The molecule has 1 N–H and O–H groups in total. The van der Waals surface area contributed by atoms with E-state index < -0.39 is 5.97 Å². The zero-order valence-corrected chi connectivity index (χ0v) is 7.95. The number of nitrogens with zero attached hydrogens (tertiary/aromatic N) is 1. The maximum Gasteiger partial charge on any atom is 0.335 e. The third-order valence-corrected chi connectivity index (χ3v) is 2.44. The fourth-order valence-electron chi connectivity index (χ4n) is 1.68. The molecule has 1 heterocycles. The van der Waals surface area contributed by atoms with Gasteiger partial charge >= 0.3 is 5.97 Å². The maximum atomic E-state index is 10.8. The highest BCUT2D eigenvalue weighted by Gasteiger charge is 2.16. The first-order chi connectivity index (χ1) is 6.72. The van der Waals surface area contributed by atoms with Gasteiger partial charge in [0.15, 0.2) is 0 Å². The summed E-state index contributed by atoms with van der Waals surface area (Å²) in [6.07, 6.45) is 0.857. The second kappa shape index (κ2) is 3.25. The van der Waals surface area contributed by atoms with Gasteiger partial charge in [-0.2, -0.15) is 0 Å². The molecule has 1 aliphatic rings. The van der Waals surface area contributed by atoms with E-state index in [1.54, 1.807) is 12.1 Å². The van der Waals surface area contributed by atoms with E-state index in [1.807, 2.05) is 13.0 Å². The first-order valence-corrected chi connectivity index (χ1v) is 4.62. The summed E-state index contributed by atoms with van der Waals surface area (Å²) in [5.74, 6) is -0.879. The van der Waals surface area contributed by atoms with Crippen LogP contribution in [0.4, 0.5) is 0 Å². The average molecular weight is 189 g/mol. The third-order valence-electron chi connectivity index (χ3n) is 2.44. The molecular formula is C11H11NO2. The Morgan fingerprint density at radius 3 is 3.00 bits per heavy atom. The van der Waals surface area contributed by atoms with Crippen molar-refractivity contribution in [2.75, 3.05) is 0 Å². The molecule has 0 saturated carbocycles. The van der Waals surface area contributed by atoms with Crippen molar-refractivity contribution in [2.45, 2.75) is 19.9 Å². The molecule has 1 aromatic carbocycles. The second-order valence-corrected chi connectivity index (χ2v) is 3.29. The molecule has 0 aliphatic carbocycles. The Morgan fingerprint density at radius 1 is 1.57 bits per heavy atom. The van der Waals surface area contributed by atoms with Gasteiger partial charge in [0, 0.05) is 11.3 Å². The van der Waals surface area contributed by atoms with Gasteiger partial charge in [-0.05, 0) is 24.1 Å². The quantitative estimate of drug-likeness (QED) is 0.774. The van der Waals surface area contributed by atoms with Crippen molar-refractivity contribution < 1.29 is 9.90 Å². The molecule has 3 nitrogen and oxygen atoms in total. The van der Waals surface area contributed by atoms with Crippen LogP contribution in [0, 0.1) is 0 Å². The summed E-state index contributed by atoms with van der Waals surface area (Å²) < 4.78 is 0. The molecule has 0 unspecified atom stereocenters. The van der Waals surface area contributed by atoms with Crippen LogP contribution in [0.2, 0.25) is 0 Å². The number of rotatable bonds is 2. The molecule has 0 fully saturated rings. The van der Waals surface area contributed by atoms with Gasteiger partial charge in [-0.1, -0.05) is 13.0 Å². The van der Waals surface area contributed by atoms with Crippen LogP contribution in [0.1, 0.15) is 34.8 Å². The predicted octanol–water partition coefficient (Wildman–Crippen LogP) is 2.10. The number of aliphatic imine (C=N–C) groups is 1. The number of hydrogen-bond acceptors (Lipinski definition) is 2. The van der Waals surface area contributed by atoms with E-state index in [0.29, 0.717) is 12.1 Å². The van der Waals surface area contributed by atoms with Crippen LogP contribution in [0.15, 0.2) is 23.2 Å². The third kappa shape index (κ3) is 1.31. The van der Waals surface area contributed by atoms with Crippen molar-refractivity contribution in [2.24, 2.45) is 4.99 Å². The highest BCUT2D eigenvalue weighted by atomic mass is 16.4. The van der Waals surface area contributed by atoms with E-state index in [1.165, 1.54) is 0 Å². The minimum atomic E-state index is -0.879. The minimum absolute atomic E-state index is 0.340. The van der Waals surface area contributed by atoms with Crippen molar-refractivity contribution in [1.29, 1.82) is 0 Å². The highest BCUT2D eigenvalue weighted by Crippen LogP contribution is 2.21. The van der Waals surface area contributed by atoms with E-state index in [0.717, 1.165) is 23.3 Å². The number of fused-ring (bicyclic) bond motifs is 1. The molecule has 0 atom stereocenters. The van der Waals surface area contributed by atoms with Crippen LogP contribution < -0.4 is 0 Å². The fourth-order valence-corrected chi connectivity index (χ4v) is 1.68. The molecule has 0 radical (unpaired) electrons. The van der Waals surface area contributed by atoms with E-state index >= 15 is 0 Å². The van der Waals surface area contributed by atoms with Gasteiger partial charge < -0.3 is 5.11 Å². The van der Waals surface area contributed by atoms with Crippen LogP contribution in [-0.4, -0.2) is 16.8 Å². The molecule has 14 heavy (non-hydrogen) atoms. The van der Waals surface area contributed by atoms with Crippen LogP contribution >= 0.6 is 0 Å². The Balaban J connectivity index is 2.48. The van der Waals surface area contributed by atoms with Gasteiger partial charge in [-0.15, -0.1) is 0 Å². The number of carbonyl (C=O) groups is 1. The SMILES string of the molecule is CCC1=NCc2ccc(C(=O)O)cc21. The van der Waals surface area contributed by atoms with Crippen LogP contribution in [0.25, 0.3) is 0 Å². The maximum absolute atomic E-state index is 10.8. The average Bonchev–Trinajstić information content (AvgIpc) is 2.59. The van der Waals surface area contributed by atoms with E-state index in [9.17, 15) is 4.79 Å². The van der Waals surface area contributed by atoms with E-state index in [4.69, 9.17) is 5.11 Å². The summed E-state index contributed by atoms with van der Waals surface area (Å²) in [5.41, 5.74) is 3.49. The Bertz CT molecular complexity index is 421. The van der Waals surface area contributed by atoms with Crippen LogP contribution in [-0.2, 0) is 6.54 Å². The summed E-state index contributed by atoms with van der Waals surface area (Å²) in [6.45, 7) is 2.72. The van der Waals surface area contributed by atoms with Gasteiger partial charge in [0.05, 0.1) is 12.1 Å². The Labute approximate surface area is 82.1 Å². The molecule has 1 aromatic rings. The lowest BCUT2D eigenvalue weighted by Gasteiger charge is -2.02. The Kier molecular flexibility index (Phi) is 2.08. The molecule has 1 aliphatic heterocycles. The number of carboxylic acids is 1. The van der Waals surface area contributed by atoms with Crippen molar-refractivity contribution in [3.63, 3.8) is 0 Å². The molecule has 0 spiro atoms. The zero-order valence-electron chi connectivity index (χ0n) is 7.95. The summed E-state index contributed by atoms with van der Waals surface area (Å²) in [7, 11) is 0. The molecule has 2 rings (SSSR count). The van der Waals surface area contributed by atoms with Gasteiger partial charge in [0.1, 0.15) is 0 Å². The lowest BCUT2D eigenvalue weighted by Crippen LogP contribution is -2.01. The molecule has 0 saturated heterocycles. The first-order valence-electron chi connectivity index (χ1n) is 4.62. The predicted molar refractivity (Wildman–Crippen MR) is 53.9 cm³/mol. The highest BCUT2D eigenvalue weighted by molar-refractivity contribution is 6.05. The molecule has 0 aromatic heterocycles. The van der Waals surface area contributed by atoms with E-state index in [-0.39, 0.29) is 0 Å². The van der Waals surface area contributed by atoms with E-state index in [2.05, 4.69) is 4.99 Å². The van der Waals surface area contributed by atoms with Gasteiger partial charge in [0.2, 0.25) is 0 Å². The summed E-state index contributed by atoms with van der Waals surface area (Å²) in [6, 6.07) is 5.20. The van der Waals surface area contributed by atoms with Crippen molar-refractivity contribution in [3.05, 3.63) is 34.9 Å². The number of benzene rings is 1. The molecular weight excluding hydrogens is 178 g/mol. The van der Waals surface area contributed by atoms with Crippen molar-refractivity contribution in [1.82, 2.24) is 0 Å². The summed E-state index contributed by atoms with van der Waals surface area (Å²) >= 11 is 0. The lowest BCUT2D eigenvalue weighted by atomic mass is 10.0. The molecule has 3 heteroatoms. The van der Waals surface area contributed by atoms with Gasteiger partial charge in [-0.3, -0.25) is 4.99 Å². The lowest BCUT2D eigenvalue weighted by molar-refractivity contribution is 0.0697. The van der Waals surface area contributed by atoms with Crippen LogP contribution in [0.5, 0.6) is 0 Å². The monoisotopic (exact) mass is 189 g/mol. The standard InChI is InChI=1S/C11H11NO2/c1-2-10-9-5-7(11(13)14)3-4-8(9)6-12-10/h3-5H,2,6H2,1H3,(H,13,14). The number of hydrogen-bond donors (Lipinski definition) is 1. The molecule has 72 valence electrons. The number of aromatic carboxylic acids is 1. The smallest absolute Gasteiger partial charge is 0.335 e. The van der Waals surface area contributed by atoms with Crippen molar-refractivity contribution in [3.8, 4) is 0 Å². The summed E-state index contributed by atoms with van der Waals surface area (Å²) in [5, 5.41) is 8.84. The molecule has 0 amide bonds. The molecule has 0 bridgehead atoms. The van der Waals surface area contributed by atoms with Gasteiger partial charge in [0.25, 0.3) is 0 Å². The Hall–Kier alpha value is -1.64. The summed E-state index contributed by atoms with van der Waals surface area (Å²) in [4.78, 5) is 15.1. The largest absolute Gasteiger partial charge is 0.478 e. The van der Waals surface area contributed by atoms with Crippen LogP contribution in [0.3, 0.4) is 0 Å². The van der Waals surface area contributed by atoms with Gasteiger partial charge in [-0.25, -0.2) is 4.79 Å².